The Kier molecular flexibility index (Phi) is 9.80. The number of nitrogens with one attached hydrogen (secondary N) is 2. The summed E-state index contributed by atoms with van der Waals surface area (Å²) in [4.78, 5) is 24.1. The first kappa shape index (κ1) is 29.2. The minimum Gasteiger partial charge on any atom is -0.390 e. The van der Waals surface area contributed by atoms with Crippen LogP contribution in [0.4, 0.5) is 0 Å². The molecule has 3 rings (SSSR count). The van der Waals surface area contributed by atoms with Crippen molar-refractivity contribution in [3.05, 3.63) is 70.3 Å². The highest BCUT2D eigenvalue weighted by Gasteiger charge is 2.40. The van der Waals surface area contributed by atoms with Gasteiger partial charge in [-0.1, -0.05) is 42.5 Å². The second-order valence-corrected chi connectivity index (χ2v) is 13.2. The molecule has 1 aliphatic rings. The van der Waals surface area contributed by atoms with Crippen LogP contribution in [-0.4, -0.2) is 70.0 Å². The van der Waals surface area contributed by atoms with Crippen LogP contribution in [0.25, 0.3) is 0 Å². The number of aliphatic hydroxyl groups is 3. The van der Waals surface area contributed by atoms with E-state index < -0.39 is 34.7 Å². The molecular formula is C29H42N2O5S. The van der Waals surface area contributed by atoms with Crippen LogP contribution in [0, 0.1) is 6.92 Å². The van der Waals surface area contributed by atoms with E-state index in [4.69, 9.17) is 0 Å². The first-order valence-corrected chi connectivity index (χ1v) is 14.9. The number of hydrogen-bond acceptors (Lipinski definition) is 5. The van der Waals surface area contributed by atoms with Gasteiger partial charge in [-0.2, -0.15) is 0 Å². The van der Waals surface area contributed by atoms with Gasteiger partial charge in [-0.15, -0.1) is 0 Å². The van der Waals surface area contributed by atoms with E-state index in [9.17, 15) is 24.9 Å². The summed E-state index contributed by atoms with van der Waals surface area (Å²) >= 11 is 0. The van der Waals surface area contributed by atoms with Gasteiger partial charge in [0.15, 0.2) is 0 Å². The molecule has 2 amide bonds. The molecule has 0 bridgehead atoms. The number of rotatable bonds is 9. The highest BCUT2D eigenvalue weighted by atomic mass is 32.2. The van der Waals surface area contributed by atoms with Crippen molar-refractivity contribution in [1.29, 1.82) is 0 Å². The van der Waals surface area contributed by atoms with Gasteiger partial charge in [0.2, 0.25) is 11.8 Å². The van der Waals surface area contributed by atoms with Crippen LogP contribution in [-0.2, 0) is 22.4 Å². The largest absolute Gasteiger partial charge is 0.390 e. The fourth-order valence-electron chi connectivity index (χ4n) is 4.99. The van der Waals surface area contributed by atoms with Gasteiger partial charge in [0.1, 0.15) is 11.6 Å². The lowest BCUT2D eigenvalue weighted by Gasteiger charge is -2.42. The van der Waals surface area contributed by atoms with Crippen molar-refractivity contribution in [1.82, 2.24) is 10.6 Å². The van der Waals surface area contributed by atoms with Crippen molar-refractivity contribution in [3.63, 3.8) is 0 Å². The van der Waals surface area contributed by atoms with Crippen LogP contribution in [0.1, 0.15) is 59.8 Å². The molecule has 5 atom stereocenters. The van der Waals surface area contributed by atoms with Gasteiger partial charge in [0.05, 0.1) is 12.2 Å². The van der Waals surface area contributed by atoms with Gasteiger partial charge in [-0.05, 0) is 74.1 Å². The zero-order valence-corrected chi connectivity index (χ0v) is 23.4. The third-order valence-electron chi connectivity index (χ3n) is 7.27. The van der Waals surface area contributed by atoms with Gasteiger partial charge in [0.25, 0.3) is 0 Å². The highest BCUT2D eigenvalue weighted by Crippen LogP contribution is 2.48. The normalized spacial score (nSPS) is 24.9. The topological polar surface area (TPSA) is 119 Å². The molecule has 37 heavy (non-hydrogen) atoms. The molecule has 0 aliphatic carbocycles. The highest BCUT2D eigenvalue weighted by molar-refractivity contribution is 8.16. The maximum atomic E-state index is 12.2. The zero-order chi connectivity index (χ0) is 27.3. The molecule has 204 valence electrons. The van der Waals surface area contributed by atoms with Crippen LogP contribution < -0.4 is 10.6 Å². The summed E-state index contributed by atoms with van der Waals surface area (Å²) in [5, 5.41) is 36.1. The van der Waals surface area contributed by atoms with Crippen molar-refractivity contribution in [2.45, 2.75) is 75.6 Å². The molecule has 7 nitrogen and oxygen atoms in total. The van der Waals surface area contributed by atoms with Gasteiger partial charge in [-0.3, -0.25) is 9.59 Å². The predicted octanol–water partition coefficient (Wildman–Crippen LogP) is 2.32. The second-order valence-electron chi connectivity index (χ2n) is 10.7. The Labute approximate surface area is 223 Å². The number of thiol groups is 1. The smallest absolute Gasteiger partial charge is 0.244 e. The number of aliphatic hydroxyl groups excluding tert-OH is 3. The van der Waals surface area contributed by atoms with E-state index in [1.807, 2.05) is 6.07 Å². The van der Waals surface area contributed by atoms with Crippen LogP contribution in [0.5, 0.6) is 0 Å². The Morgan fingerprint density at radius 2 is 1.68 bits per heavy atom. The summed E-state index contributed by atoms with van der Waals surface area (Å²) in [6.07, 6.45) is 1.70. The molecule has 1 unspecified atom stereocenters. The SMILES string of the molecule is CNC(=O)C(C)(C)NC(=O)CCCc1ccc(Cc2cc([C@H]3[C@H](O)[C@H](O)[C@H](O)C[SH]3C)ccc2C)cc1. The van der Waals surface area contributed by atoms with Crippen LogP contribution in [0.3, 0.4) is 0 Å². The second kappa shape index (κ2) is 12.4. The molecule has 1 aliphatic heterocycles. The average Bonchev–Trinajstić information content (AvgIpc) is 2.84. The molecule has 1 saturated heterocycles. The van der Waals surface area contributed by atoms with Gasteiger partial charge in [0, 0.05) is 24.5 Å². The van der Waals surface area contributed by atoms with Crippen molar-refractivity contribution in [2.75, 3.05) is 19.1 Å². The van der Waals surface area contributed by atoms with Crippen molar-refractivity contribution >= 4 is 22.7 Å². The van der Waals surface area contributed by atoms with E-state index in [0.29, 0.717) is 18.6 Å². The summed E-state index contributed by atoms with van der Waals surface area (Å²) in [5.74, 6) is 0.163. The Bertz CT molecular complexity index is 1090. The maximum absolute atomic E-state index is 12.2. The first-order valence-electron chi connectivity index (χ1n) is 12.9. The number of carbonyl (C=O) groups is 2. The molecule has 1 fully saturated rings. The molecule has 5 N–H and O–H groups in total. The van der Waals surface area contributed by atoms with Crippen molar-refractivity contribution < 1.29 is 24.9 Å². The van der Waals surface area contributed by atoms with Gasteiger partial charge >= 0.3 is 0 Å². The minimum absolute atomic E-state index is 0.138. The lowest BCUT2D eigenvalue weighted by molar-refractivity contribution is -0.132. The number of hydrogen-bond donors (Lipinski definition) is 6. The van der Waals surface area contributed by atoms with E-state index in [0.717, 1.165) is 24.0 Å². The van der Waals surface area contributed by atoms with E-state index in [1.165, 1.54) is 16.7 Å². The summed E-state index contributed by atoms with van der Waals surface area (Å²) in [6, 6.07) is 14.6. The lowest BCUT2D eigenvalue weighted by Crippen LogP contribution is -2.53. The molecule has 0 radical (unpaired) electrons. The van der Waals surface area contributed by atoms with E-state index in [-0.39, 0.29) is 17.1 Å². The van der Waals surface area contributed by atoms with E-state index >= 15 is 0 Å². The molecular weight excluding hydrogens is 488 g/mol. The molecule has 0 aromatic heterocycles. The molecule has 2 aromatic rings. The maximum Gasteiger partial charge on any atom is 0.244 e. The van der Waals surface area contributed by atoms with Crippen molar-refractivity contribution in [3.8, 4) is 0 Å². The number of carbonyl (C=O) groups excluding carboxylic acids is 2. The number of amides is 2. The quantitative estimate of drug-likeness (QED) is 0.278. The Morgan fingerprint density at radius 1 is 1.03 bits per heavy atom. The molecule has 0 saturated carbocycles. The third kappa shape index (κ3) is 7.35. The summed E-state index contributed by atoms with van der Waals surface area (Å²) in [7, 11) is 0.899. The van der Waals surface area contributed by atoms with E-state index in [1.54, 1.807) is 20.9 Å². The van der Waals surface area contributed by atoms with Crippen LogP contribution >= 0.6 is 10.9 Å². The lowest BCUT2D eigenvalue weighted by atomic mass is 9.93. The average molecular weight is 531 g/mol. The Hall–Kier alpha value is -2.39. The molecule has 1 heterocycles. The van der Waals surface area contributed by atoms with Gasteiger partial charge in [-0.25, -0.2) is 10.9 Å². The fraction of sp³-hybridized carbons (Fsp3) is 0.517. The zero-order valence-electron chi connectivity index (χ0n) is 22.5. The Balaban J connectivity index is 1.59. The number of aryl methyl sites for hydroxylation is 2. The Morgan fingerprint density at radius 3 is 2.32 bits per heavy atom. The number of benzene rings is 2. The summed E-state index contributed by atoms with van der Waals surface area (Å²) in [5.41, 5.74) is 4.76. The molecule has 0 spiro atoms. The van der Waals surface area contributed by atoms with E-state index in [2.05, 4.69) is 60.2 Å². The number of likely N-dealkylation sites (N-methyl/N-ethyl adjacent to an activating group) is 1. The van der Waals surface area contributed by atoms with Crippen LogP contribution in [0.2, 0.25) is 0 Å². The third-order valence-corrected chi connectivity index (χ3v) is 9.77. The molecule has 8 heteroatoms. The van der Waals surface area contributed by atoms with Gasteiger partial charge < -0.3 is 26.0 Å². The minimum atomic E-state index is -1.12. The monoisotopic (exact) mass is 530 g/mol. The standard InChI is InChI=1S/C29H42N2O5S/c1-18-9-14-21(27-26(35)25(34)23(32)17-37(27)5)16-22(18)15-20-12-10-19(11-13-20)7-6-8-24(33)31-29(2,3)28(36)30-4/h9-14,16,23,25-27,32,34-35,37H,6-8,15,17H2,1-5H3,(H,30,36)(H,31,33)/t23-,25-,26-,27+/m1/s1. The first-order chi connectivity index (χ1) is 17.4. The predicted molar refractivity (Wildman–Crippen MR) is 150 cm³/mol. The fourth-order valence-corrected chi connectivity index (χ4v) is 7.39. The van der Waals surface area contributed by atoms with Crippen molar-refractivity contribution in [2.24, 2.45) is 0 Å². The molecule has 2 aromatic carbocycles. The summed E-state index contributed by atoms with van der Waals surface area (Å²) < 4.78 is 0. The van der Waals surface area contributed by atoms with Crippen LogP contribution in [0.15, 0.2) is 42.5 Å². The summed E-state index contributed by atoms with van der Waals surface area (Å²) in [6.45, 7) is 5.45.